The minimum absolute atomic E-state index is 0. The number of nitrogens with one attached hydrogen (secondary N) is 2. The highest BCUT2D eigenvalue weighted by atomic mass is 127. The Kier molecular flexibility index (Phi) is 8.56. The molecule has 2 aromatic rings. The molecule has 1 aliphatic heterocycles. The number of nitrogens with zero attached hydrogens (tertiary/aromatic N) is 2. The van der Waals surface area contributed by atoms with Gasteiger partial charge < -0.3 is 15.1 Å². The van der Waals surface area contributed by atoms with Gasteiger partial charge in [-0.15, -0.1) is 24.0 Å². The summed E-state index contributed by atoms with van der Waals surface area (Å²) in [5.74, 6) is 1.52. The maximum atomic E-state index is 13.4. The quantitative estimate of drug-likeness (QED) is 0.370. The summed E-state index contributed by atoms with van der Waals surface area (Å²) < 4.78 is 19.0. The van der Waals surface area contributed by atoms with Gasteiger partial charge in [-0.05, 0) is 62.2 Å². The highest BCUT2D eigenvalue weighted by Crippen LogP contribution is 2.24. The van der Waals surface area contributed by atoms with Crippen LogP contribution < -0.4 is 10.6 Å². The molecule has 1 aromatic heterocycles. The number of hydrogen-bond acceptors (Lipinski definition) is 3. The van der Waals surface area contributed by atoms with Gasteiger partial charge in [0.2, 0.25) is 0 Å². The zero-order valence-corrected chi connectivity index (χ0v) is 18.2. The Morgan fingerprint density at radius 2 is 2.04 bits per heavy atom. The molecular formula is C20H28FIN4O. The first-order chi connectivity index (χ1) is 12.7. The minimum Gasteiger partial charge on any atom is -0.468 e. The fourth-order valence-electron chi connectivity index (χ4n) is 3.36. The number of aliphatic imine (C=N–C) groups is 1. The van der Waals surface area contributed by atoms with E-state index in [0.717, 1.165) is 36.9 Å². The zero-order chi connectivity index (χ0) is 18.4. The molecule has 1 unspecified atom stereocenters. The van der Waals surface area contributed by atoms with Crippen molar-refractivity contribution < 1.29 is 8.81 Å². The van der Waals surface area contributed by atoms with E-state index in [0.29, 0.717) is 12.1 Å². The van der Waals surface area contributed by atoms with Crippen molar-refractivity contribution in [1.29, 1.82) is 0 Å². The molecule has 0 spiro atoms. The standard InChI is InChI=1S/C20H27FN4O.HI/c1-15-12-16(7-8-17(15)21)13-23-20(22-2)24-14-18(19-6-5-11-26-19)25-9-3-4-10-25;/h5-8,11-12,18H,3-4,9-10,13-14H2,1-2H3,(H2,22,23,24);1H. The van der Waals surface area contributed by atoms with E-state index in [1.54, 1.807) is 26.3 Å². The summed E-state index contributed by atoms with van der Waals surface area (Å²) in [7, 11) is 1.75. The molecule has 1 aromatic carbocycles. The second kappa shape index (κ2) is 10.7. The van der Waals surface area contributed by atoms with Crippen LogP contribution in [0, 0.1) is 12.7 Å². The molecule has 0 aliphatic carbocycles. The largest absolute Gasteiger partial charge is 0.468 e. The lowest BCUT2D eigenvalue weighted by Gasteiger charge is -2.26. The van der Waals surface area contributed by atoms with Gasteiger partial charge >= 0.3 is 0 Å². The Morgan fingerprint density at radius 3 is 2.67 bits per heavy atom. The highest BCUT2D eigenvalue weighted by Gasteiger charge is 2.25. The van der Waals surface area contributed by atoms with Crippen molar-refractivity contribution in [3.63, 3.8) is 0 Å². The van der Waals surface area contributed by atoms with E-state index >= 15 is 0 Å². The molecule has 1 aliphatic rings. The van der Waals surface area contributed by atoms with Crippen LogP contribution in [0.5, 0.6) is 0 Å². The summed E-state index contributed by atoms with van der Waals surface area (Å²) in [6, 6.07) is 9.30. The van der Waals surface area contributed by atoms with Crippen LogP contribution in [0.15, 0.2) is 46.0 Å². The van der Waals surface area contributed by atoms with Crippen molar-refractivity contribution in [2.45, 2.75) is 32.4 Å². The summed E-state index contributed by atoms with van der Waals surface area (Å²) in [6.45, 7) is 5.27. The molecule has 148 valence electrons. The molecule has 7 heteroatoms. The van der Waals surface area contributed by atoms with Crippen LogP contribution in [0.2, 0.25) is 0 Å². The van der Waals surface area contributed by atoms with Gasteiger partial charge in [-0.3, -0.25) is 9.89 Å². The summed E-state index contributed by atoms with van der Waals surface area (Å²) in [5.41, 5.74) is 1.67. The number of aryl methyl sites for hydroxylation is 1. The molecule has 1 fully saturated rings. The van der Waals surface area contributed by atoms with Crippen molar-refractivity contribution in [2.24, 2.45) is 4.99 Å². The number of halogens is 2. The SMILES string of the molecule is CN=C(NCc1ccc(F)c(C)c1)NCC(c1ccco1)N1CCCC1.I. The van der Waals surface area contributed by atoms with E-state index in [1.165, 1.54) is 18.9 Å². The van der Waals surface area contributed by atoms with Gasteiger partial charge in [-0.1, -0.05) is 12.1 Å². The monoisotopic (exact) mass is 486 g/mol. The summed E-state index contributed by atoms with van der Waals surface area (Å²) >= 11 is 0. The normalized spacial score (nSPS) is 16.0. The Bertz CT molecular complexity index is 730. The first-order valence-corrected chi connectivity index (χ1v) is 9.14. The third-order valence-electron chi connectivity index (χ3n) is 4.82. The van der Waals surface area contributed by atoms with Gasteiger partial charge in [0.05, 0.1) is 12.3 Å². The molecule has 1 atom stereocenters. The minimum atomic E-state index is -0.178. The molecule has 1 saturated heterocycles. The topological polar surface area (TPSA) is 52.8 Å². The lowest BCUT2D eigenvalue weighted by Crippen LogP contribution is -2.42. The number of benzene rings is 1. The van der Waals surface area contributed by atoms with Crippen molar-refractivity contribution in [2.75, 3.05) is 26.7 Å². The number of likely N-dealkylation sites (tertiary alicyclic amines) is 1. The van der Waals surface area contributed by atoms with E-state index in [2.05, 4.69) is 20.5 Å². The van der Waals surface area contributed by atoms with E-state index in [9.17, 15) is 4.39 Å². The Morgan fingerprint density at radius 1 is 1.26 bits per heavy atom. The Hall–Kier alpha value is -1.61. The van der Waals surface area contributed by atoms with Crippen LogP contribution >= 0.6 is 24.0 Å². The molecule has 27 heavy (non-hydrogen) atoms. The molecule has 2 heterocycles. The number of furan rings is 1. The third-order valence-corrected chi connectivity index (χ3v) is 4.82. The highest BCUT2D eigenvalue weighted by molar-refractivity contribution is 14.0. The van der Waals surface area contributed by atoms with Gasteiger partial charge in [-0.25, -0.2) is 4.39 Å². The van der Waals surface area contributed by atoms with E-state index in [-0.39, 0.29) is 35.8 Å². The maximum Gasteiger partial charge on any atom is 0.191 e. The first-order valence-electron chi connectivity index (χ1n) is 9.14. The third kappa shape index (κ3) is 5.93. The van der Waals surface area contributed by atoms with Crippen molar-refractivity contribution in [3.05, 3.63) is 59.3 Å². The molecule has 3 rings (SSSR count). The Labute approximate surface area is 177 Å². The Balaban J connectivity index is 0.00000261. The molecule has 0 amide bonds. The molecular weight excluding hydrogens is 458 g/mol. The van der Waals surface area contributed by atoms with Crippen molar-refractivity contribution in [1.82, 2.24) is 15.5 Å². The fraction of sp³-hybridized carbons (Fsp3) is 0.450. The van der Waals surface area contributed by atoms with Crippen LogP contribution in [0.4, 0.5) is 4.39 Å². The average Bonchev–Trinajstić information content (AvgIpc) is 3.35. The predicted octanol–water partition coefficient (Wildman–Crippen LogP) is 3.85. The van der Waals surface area contributed by atoms with Crippen LogP contribution in [0.25, 0.3) is 0 Å². The van der Waals surface area contributed by atoms with E-state index in [1.807, 2.05) is 18.2 Å². The zero-order valence-electron chi connectivity index (χ0n) is 15.9. The van der Waals surface area contributed by atoms with Crippen molar-refractivity contribution in [3.8, 4) is 0 Å². The van der Waals surface area contributed by atoms with Gasteiger partial charge in [0.25, 0.3) is 0 Å². The summed E-state index contributed by atoms with van der Waals surface area (Å²) in [4.78, 5) is 6.74. The lowest BCUT2D eigenvalue weighted by atomic mass is 10.1. The van der Waals surface area contributed by atoms with E-state index in [4.69, 9.17) is 4.42 Å². The van der Waals surface area contributed by atoms with Gasteiger partial charge in [0.15, 0.2) is 5.96 Å². The van der Waals surface area contributed by atoms with Crippen LogP contribution in [0.1, 0.15) is 35.8 Å². The fourth-order valence-corrected chi connectivity index (χ4v) is 3.36. The molecule has 0 radical (unpaired) electrons. The van der Waals surface area contributed by atoms with Crippen LogP contribution in [-0.4, -0.2) is 37.5 Å². The molecule has 0 saturated carbocycles. The van der Waals surface area contributed by atoms with Crippen molar-refractivity contribution >= 4 is 29.9 Å². The second-order valence-corrected chi connectivity index (χ2v) is 6.66. The number of hydrogen-bond donors (Lipinski definition) is 2. The molecule has 2 N–H and O–H groups in total. The smallest absolute Gasteiger partial charge is 0.191 e. The second-order valence-electron chi connectivity index (χ2n) is 6.66. The first kappa shape index (κ1) is 21.7. The summed E-state index contributed by atoms with van der Waals surface area (Å²) in [6.07, 6.45) is 4.19. The molecule has 0 bridgehead atoms. The predicted molar refractivity (Wildman–Crippen MR) is 117 cm³/mol. The summed E-state index contributed by atoms with van der Waals surface area (Å²) in [5, 5.41) is 6.69. The van der Waals surface area contributed by atoms with Crippen LogP contribution in [-0.2, 0) is 6.54 Å². The van der Waals surface area contributed by atoms with Gasteiger partial charge in [0, 0.05) is 20.1 Å². The molecule has 5 nitrogen and oxygen atoms in total. The number of guanidine groups is 1. The van der Waals surface area contributed by atoms with E-state index < -0.39 is 0 Å². The van der Waals surface area contributed by atoms with Crippen LogP contribution in [0.3, 0.4) is 0 Å². The average molecular weight is 486 g/mol. The van der Waals surface area contributed by atoms with Gasteiger partial charge in [-0.2, -0.15) is 0 Å². The van der Waals surface area contributed by atoms with Gasteiger partial charge in [0.1, 0.15) is 11.6 Å². The maximum absolute atomic E-state index is 13.4. The number of rotatable bonds is 6. The lowest BCUT2D eigenvalue weighted by molar-refractivity contribution is 0.215.